The third kappa shape index (κ3) is 7.41. The van der Waals surface area contributed by atoms with Gasteiger partial charge in [0.1, 0.15) is 5.54 Å². The fourth-order valence-electron chi connectivity index (χ4n) is 1.50. The molecule has 7 nitrogen and oxygen atoms in total. The van der Waals surface area contributed by atoms with Gasteiger partial charge in [-0.2, -0.15) is 0 Å². The molecule has 0 aliphatic heterocycles. The normalized spacial score (nSPS) is 11.8. The minimum absolute atomic E-state index is 0.0753. The van der Waals surface area contributed by atoms with E-state index < -0.39 is 24.9 Å². The second-order valence-corrected chi connectivity index (χ2v) is 6.93. The lowest BCUT2D eigenvalue weighted by molar-refractivity contribution is -0.130. The van der Waals surface area contributed by atoms with E-state index in [1.54, 1.807) is 27.7 Å². The minimum Gasteiger partial charge on any atom is -0.353 e. The number of amides is 2. The second kappa shape index (κ2) is 8.97. The van der Waals surface area contributed by atoms with E-state index in [4.69, 9.17) is 9.05 Å². The Bertz CT molecular complexity index is 413. The molecular weight excluding hydrogens is 295 g/mol. The van der Waals surface area contributed by atoms with Gasteiger partial charge in [0.05, 0.1) is 19.4 Å². The molecule has 0 saturated heterocycles. The van der Waals surface area contributed by atoms with Gasteiger partial charge in [0.25, 0.3) is 0 Å². The number of hydrogen-bond donors (Lipinski definition) is 2. The van der Waals surface area contributed by atoms with Crippen molar-refractivity contribution in [1.82, 2.24) is 10.6 Å². The van der Waals surface area contributed by atoms with Gasteiger partial charge in [-0.05, 0) is 33.8 Å². The molecule has 0 aromatic carbocycles. The Morgan fingerprint density at radius 3 is 2.19 bits per heavy atom. The Labute approximate surface area is 126 Å². The van der Waals surface area contributed by atoms with Gasteiger partial charge < -0.3 is 19.7 Å². The molecule has 21 heavy (non-hydrogen) atoms. The highest BCUT2D eigenvalue weighted by Crippen LogP contribution is 2.47. The summed E-state index contributed by atoms with van der Waals surface area (Å²) in [7, 11) is -3.18. The summed E-state index contributed by atoms with van der Waals surface area (Å²) in [6.45, 7) is 10.6. The van der Waals surface area contributed by atoms with Gasteiger partial charge >= 0.3 is 7.60 Å². The summed E-state index contributed by atoms with van der Waals surface area (Å²) in [6.07, 6.45) is 1.17. The van der Waals surface area contributed by atoms with Crippen LogP contribution in [0.4, 0.5) is 0 Å². The van der Waals surface area contributed by atoms with Gasteiger partial charge in [-0.15, -0.1) is 0 Å². The van der Waals surface area contributed by atoms with Crippen LogP contribution in [-0.4, -0.2) is 43.3 Å². The number of rotatable bonds is 10. The van der Waals surface area contributed by atoms with Crippen LogP contribution in [0.2, 0.25) is 0 Å². The predicted octanol–water partition coefficient (Wildman–Crippen LogP) is 1.45. The topological polar surface area (TPSA) is 93.7 Å². The third-order valence-electron chi connectivity index (χ3n) is 2.51. The van der Waals surface area contributed by atoms with Gasteiger partial charge in [-0.3, -0.25) is 14.2 Å². The summed E-state index contributed by atoms with van der Waals surface area (Å²) in [5, 5.41) is 5.11. The molecule has 8 heteroatoms. The first kappa shape index (κ1) is 19.8. The molecule has 0 radical (unpaired) electrons. The van der Waals surface area contributed by atoms with Gasteiger partial charge in [-0.1, -0.05) is 6.58 Å². The van der Waals surface area contributed by atoms with Crippen molar-refractivity contribution in [1.29, 1.82) is 0 Å². The Morgan fingerprint density at radius 2 is 1.76 bits per heavy atom. The Kier molecular flexibility index (Phi) is 8.47. The molecular formula is C13H25N2O5P. The van der Waals surface area contributed by atoms with E-state index in [9.17, 15) is 14.2 Å². The number of hydrogen-bond acceptors (Lipinski definition) is 5. The Hall–Kier alpha value is -1.17. The van der Waals surface area contributed by atoms with Gasteiger partial charge in [0.15, 0.2) is 0 Å². The summed E-state index contributed by atoms with van der Waals surface area (Å²) in [5.41, 5.74) is -1.09. The van der Waals surface area contributed by atoms with Gasteiger partial charge in [-0.25, -0.2) is 0 Å². The van der Waals surface area contributed by atoms with Gasteiger partial charge in [0.2, 0.25) is 11.8 Å². The zero-order chi connectivity index (χ0) is 16.5. The van der Waals surface area contributed by atoms with Crippen molar-refractivity contribution >= 4 is 19.4 Å². The standard InChI is InChI=1S/C13H25N2O5P/c1-6-11(16)15-13(4,5)12(17)14-9-10-21(18,19-7-2)20-8-3/h6H,1,7-10H2,2-5H3,(H,14,17)(H,15,16). The maximum Gasteiger partial charge on any atom is 0.332 e. The highest BCUT2D eigenvalue weighted by atomic mass is 31.2. The van der Waals surface area contributed by atoms with E-state index in [-0.39, 0.29) is 25.9 Å². The summed E-state index contributed by atoms with van der Waals surface area (Å²) in [6, 6.07) is 0. The van der Waals surface area contributed by atoms with E-state index in [0.717, 1.165) is 6.08 Å². The quantitative estimate of drug-likeness (QED) is 0.469. The summed E-state index contributed by atoms with van der Waals surface area (Å²) in [4.78, 5) is 23.2. The molecule has 0 fully saturated rings. The molecule has 122 valence electrons. The minimum atomic E-state index is -3.18. The van der Waals surface area contributed by atoms with Crippen LogP contribution in [0, 0.1) is 0 Å². The Morgan fingerprint density at radius 1 is 1.24 bits per heavy atom. The first-order chi connectivity index (χ1) is 9.70. The molecule has 0 unspecified atom stereocenters. The maximum atomic E-state index is 12.2. The van der Waals surface area contributed by atoms with Crippen LogP contribution in [0.5, 0.6) is 0 Å². The average molecular weight is 320 g/mol. The van der Waals surface area contributed by atoms with E-state index in [0.29, 0.717) is 0 Å². The lowest BCUT2D eigenvalue weighted by Gasteiger charge is -2.25. The van der Waals surface area contributed by atoms with Crippen LogP contribution in [-0.2, 0) is 23.2 Å². The molecule has 0 aromatic rings. The van der Waals surface area contributed by atoms with E-state index >= 15 is 0 Å². The van der Waals surface area contributed by atoms with Crippen LogP contribution < -0.4 is 10.6 Å². The van der Waals surface area contributed by atoms with Crippen molar-refractivity contribution in [3.8, 4) is 0 Å². The SMILES string of the molecule is C=CC(=O)NC(C)(C)C(=O)NCCP(=O)(OCC)OCC. The van der Waals surface area contributed by atoms with Crippen LogP contribution in [0.15, 0.2) is 12.7 Å². The van der Waals surface area contributed by atoms with Crippen LogP contribution in [0.25, 0.3) is 0 Å². The maximum absolute atomic E-state index is 12.2. The largest absolute Gasteiger partial charge is 0.353 e. The summed E-state index contributed by atoms with van der Waals surface area (Å²) in [5.74, 6) is -0.832. The number of carbonyl (C=O) groups is 2. The lowest BCUT2D eigenvalue weighted by atomic mass is 10.0. The second-order valence-electron chi connectivity index (χ2n) is 4.74. The van der Waals surface area contributed by atoms with Crippen molar-refractivity contribution in [3.63, 3.8) is 0 Å². The van der Waals surface area contributed by atoms with Crippen molar-refractivity contribution in [2.45, 2.75) is 33.2 Å². The molecule has 0 bridgehead atoms. The fraction of sp³-hybridized carbons (Fsp3) is 0.692. The van der Waals surface area contributed by atoms with E-state index in [2.05, 4.69) is 17.2 Å². The van der Waals surface area contributed by atoms with E-state index in [1.165, 1.54) is 0 Å². The smallest absolute Gasteiger partial charge is 0.332 e. The summed E-state index contributed by atoms with van der Waals surface area (Å²) < 4.78 is 22.4. The monoisotopic (exact) mass is 320 g/mol. The molecule has 0 heterocycles. The van der Waals surface area contributed by atoms with Crippen molar-refractivity contribution in [2.24, 2.45) is 0 Å². The highest BCUT2D eigenvalue weighted by molar-refractivity contribution is 7.53. The Balaban J connectivity index is 4.44. The molecule has 0 aliphatic rings. The van der Waals surface area contributed by atoms with Crippen LogP contribution >= 0.6 is 7.60 Å². The number of carbonyl (C=O) groups excluding carboxylic acids is 2. The predicted molar refractivity (Wildman–Crippen MR) is 81.2 cm³/mol. The molecule has 0 rings (SSSR count). The lowest BCUT2D eigenvalue weighted by Crippen LogP contribution is -2.54. The van der Waals surface area contributed by atoms with Crippen molar-refractivity contribution < 1.29 is 23.2 Å². The van der Waals surface area contributed by atoms with Crippen molar-refractivity contribution in [2.75, 3.05) is 25.9 Å². The highest BCUT2D eigenvalue weighted by Gasteiger charge is 2.29. The first-order valence-corrected chi connectivity index (χ1v) is 8.54. The molecule has 0 spiro atoms. The molecule has 0 aromatic heterocycles. The van der Waals surface area contributed by atoms with Crippen LogP contribution in [0.3, 0.4) is 0 Å². The van der Waals surface area contributed by atoms with Gasteiger partial charge in [0, 0.05) is 6.54 Å². The molecule has 0 aliphatic carbocycles. The zero-order valence-corrected chi connectivity index (χ0v) is 14.0. The zero-order valence-electron chi connectivity index (χ0n) is 13.1. The summed E-state index contributed by atoms with van der Waals surface area (Å²) >= 11 is 0. The van der Waals surface area contributed by atoms with Crippen LogP contribution in [0.1, 0.15) is 27.7 Å². The average Bonchev–Trinajstić information content (AvgIpc) is 2.38. The molecule has 0 saturated carbocycles. The fourth-order valence-corrected chi connectivity index (χ4v) is 3.01. The molecule has 2 amide bonds. The first-order valence-electron chi connectivity index (χ1n) is 6.81. The third-order valence-corrected chi connectivity index (χ3v) is 4.59. The molecule has 0 atom stereocenters. The van der Waals surface area contributed by atoms with Crippen molar-refractivity contribution in [3.05, 3.63) is 12.7 Å². The van der Waals surface area contributed by atoms with E-state index in [1.807, 2.05) is 0 Å². The molecule has 2 N–H and O–H groups in total. The number of nitrogens with one attached hydrogen (secondary N) is 2.